The number of carbonyl (C=O) groups is 2. The van der Waals surface area contributed by atoms with Gasteiger partial charge in [-0.05, 0) is 61.1 Å². The van der Waals surface area contributed by atoms with E-state index in [1.807, 2.05) is 7.05 Å². The first-order chi connectivity index (χ1) is 15.8. The predicted octanol–water partition coefficient (Wildman–Crippen LogP) is 4.38. The number of hydrogen-bond donors (Lipinski definition) is 0. The number of ether oxygens (including phenoxy) is 1. The van der Waals surface area contributed by atoms with Crippen LogP contribution in [0.25, 0.3) is 11.1 Å². The predicted molar refractivity (Wildman–Crippen MR) is 117 cm³/mol. The fourth-order valence-electron chi connectivity index (χ4n) is 3.60. The van der Waals surface area contributed by atoms with Gasteiger partial charge in [0, 0.05) is 37.8 Å². The van der Waals surface area contributed by atoms with E-state index < -0.39 is 23.4 Å². The van der Waals surface area contributed by atoms with Gasteiger partial charge < -0.3 is 14.5 Å². The van der Waals surface area contributed by atoms with E-state index in [1.54, 1.807) is 4.90 Å². The van der Waals surface area contributed by atoms with Gasteiger partial charge in [-0.1, -0.05) is 6.07 Å². The van der Waals surface area contributed by atoms with Gasteiger partial charge in [-0.15, -0.1) is 0 Å². The summed E-state index contributed by atoms with van der Waals surface area (Å²) in [7, 11) is 1.95. The number of piperazine rings is 1. The summed E-state index contributed by atoms with van der Waals surface area (Å²) < 4.78 is 46.4. The van der Waals surface area contributed by atoms with Crippen molar-refractivity contribution in [1.29, 1.82) is 0 Å². The molecule has 5 nitrogen and oxygen atoms in total. The molecule has 1 fully saturated rings. The van der Waals surface area contributed by atoms with E-state index in [1.165, 1.54) is 36.4 Å². The van der Waals surface area contributed by atoms with Crippen LogP contribution in [0.15, 0.2) is 60.7 Å². The Hall–Kier alpha value is -3.65. The normalized spacial score (nSPS) is 14.2. The standard InChI is InChI=1S/C25H21F3N2O3/c1-29-10-12-30(13-11-29)24(31)21-14-17(20-8-7-19(27)15-22(20)28)4-9-23(21)33-25(32)16-2-5-18(26)6-3-16/h2-9,14-15H,10-13H2,1H3. The third-order valence-electron chi connectivity index (χ3n) is 5.53. The molecule has 3 aromatic carbocycles. The summed E-state index contributed by atoms with van der Waals surface area (Å²) in [5, 5.41) is 0. The smallest absolute Gasteiger partial charge is 0.343 e. The number of likely N-dealkylation sites (N-methyl/N-ethyl adjacent to an activating group) is 1. The number of hydrogen-bond acceptors (Lipinski definition) is 4. The summed E-state index contributed by atoms with van der Waals surface area (Å²) in [6.45, 7) is 2.33. The summed E-state index contributed by atoms with van der Waals surface area (Å²) in [6.07, 6.45) is 0. The van der Waals surface area contributed by atoms with Crippen LogP contribution in [0.3, 0.4) is 0 Å². The van der Waals surface area contributed by atoms with Crippen LogP contribution in [0.1, 0.15) is 20.7 Å². The first-order valence-corrected chi connectivity index (χ1v) is 10.4. The third-order valence-corrected chi connectivity index (χ3v) is 5.53. The van der Waals surface area contributed by atoms with Crippen molar-refractivity contribution in [1.82, 2.24) is 9.80 Å². The minimum atomic E-state index is -0.774. The fourth-order valence-corrected chi connectivity index (χ4v) is 3.60. The van der Waals surface area contributed by atoms with Crippen LogP contribution in [0.5, 0.6) is 5.75 Å². The minimum Gasteiger partial charge on any atom is -0.422 e. The molecule has 0 unspecified atom stereocenters. The highest BCUT2D eigenvalue weighted by Crippen LogP contribution is 2.30. The lowest BCUT2D eigenvalue weighted by molar-refractivity contribution is 0.0653. The van der Waals surface area contributed by atoms with Crippen LogP contribution < -0.4 is 4.74 Å². The second kappa shape index (κ2) is 9.46. The molecule has 33 heavy (non-hydrogen) atoms. The van der Waals surface area contributed by atoms with Crippen LogP contribution in [0.2, 0.25) is 0 Å². The van der Waals surface area contributed by atoms with Crippen LogP contribution >= 0.6 is 0 Å². The van der Waals surface area contributed by atoms with E-state index in [4.69, 9.17) is 4.74 Å². The maximum Gasteiger partial charge on any atom is 0.343 e. The van der Waals surface area contributed by atoms with Gasteiger partial charge in [-0.2, -0.15) is 0 Å². The molecule has 1 heterocycles. The van der Waals surface area contributed by atoms with Crippen molar-refractivity contribution in [3.63, 3.8) is 0 Å². The van der Waals surface area contributed by atoms with Crippen molar-refractivity contribution in [2.24, 2.45) is 0 Å². The van der Waals surface area contributed by atoms with E-state index in [-0.39, 0.29) is 28.3 Å². The first kappa shape index (κ1) is 22.5. The largest absolute Gasteiger partial charge is 0.422 e. The van der Waals surface area contributed by atoms with Crippen LogP contribution in [-0.2, 0) is 0 Å². The van der Waals surface area contributed by atoms with Crippen LogP contribution in [0, 0.1) is 17.5 Å². The van der Waals surface area contributed by atoms with Crippen molar-refractivity contribution in [3.8, 4) is 16.9 Å². The first-order valence-electron chi connectivity index (χ1n) is 10.4. The lowest BCUT2D eigenvalue weighted by atomic mass is 10.0. The van der Waals surface area contributed by atoms with Crippen molar-refractivity contribution < 1.29 is 27.5 Å². The van der Waals surface area contributed by atoms with Crippen molar-refractivity contribution in [2.45, 2.75) is 0 Å². The van der Waals surface area contributed by atoms with Crippen molar-refractivity contribution >= 4 is 11.9 Å². The molecule has 0 saturated carbocycles. The maximum atomic E-state index is 14.4. The summed E-state index contributed by atoms with van der Waals surface area (Å²) in [5.74, 6) is -3.11. The summed E-state index contributed by atoms with van der Waals surface area (Å²) in [6, 6.07) is 12.3. The van der Waals surface area contributed by atoms with Gasteiger partial charge in [0.05, 0.1) is 11.1 Å². The van der Waals surface area contributed by atoms with Gasteiger partial charge in [0.15, 0.2) is 0 Å². The number of amides is 1. The topological polar surface area (TPSA) is 49.9 Å². The zero-order chi connectivity index (χ0) is 23.5. The Labute approximate surface area is 189 Å². The second-order valence-electron chi connectivity index (χ2n) is 7.83. The lowest BCUT2D eigenvalue weighted by Crippen LogP contribution is -2.47. The van der Waals surface area contributed by atoms with E-state index >= 15 is 0 Å². The minimum absolute atomic E-state index is 0.000442. The molecule has 1 aliphatic heterocycles. The second-order valence-corrected chi connectivity index (χ2v) is 7.83. The summed E-state index contributed by atoms with van der Waals surface area (Å²) in [5.41, 5.74) is 0.645. The monoisotopic (exact) mass is 454 g/mol. The Kier molecular flexibility index (Phi) is 6.46. The molecule has 4 rings (SSSR count). The van der Waals surface area contributed by atoms with Crippen molar-refractivity contribution in [2.75, 3.05) is 33.2 Å². The highest BCUT2D eigenvalue weighted by Gasteiger charge is 2.25. The van der Waals surface area contributed by atoms with E-state index in [2.05, 4.69) is 4.90 Å². The highest BCUT2D eigenvalue weighted by molar-refractivity contribution is 6.00. The summed E-state index contributed by atoms with van der Waals surface area (Å²) >= 11 is 0. The third kappa shape index (κ3) is 5.06. The molecule has 0 N–H and O–H groups in total. The molecule has 1 saturated heterocycles. The molecule has 3 aromatic rings. The highest BCUT2D eigenvalue weighted by atomic mass is 19.1. The molecular formula is C25H21F3N2O3. The van der Waals surface area contributed by atoms with E-state index in [0.717, 1.165) is 24.3 Å². The molecule has 0 aromatic heterocycles. The van der Waals surface area contributed by atoms with Crippen LogP contribution in [-0.4, -0.2) is 54.9 Å². The number of rotatable bonds is 4. The molecule has 170 valence electrons. The Morgan fingerprint density at radius 2 is 1.48 bits per heavy atom. The number of esters is 1. The maximum absolute atomic E-state index is 14.4. The molecule has 0 radical (unpaired) electrons. The van der Waals surface area contributed by atoms with Gasteiger partial charge in [-0.3, -0.25) is 4.79 Å². The number of carbonyl (C=O) groups excluding carboxylic acids is 2. The van der Waals surface area contributed by atoms with E-state index in [0.29, 0.717) is 31.7 Å². The number of nitrogens with zero attached hydrogens (tertiary/aromatic N) is 2. The van der Waals surface area contributed by atoms with Gasteiger partial charge in [0.1, 0.15) is 23.2 Å². The molecular weight excluding hydrogens is 433 g/mol. The number of halogens is 3. The van der Waals surface area contributed by atoms with Gasteiger partial charge >= 0.3 is 5.97 Å². The SMILES string of the molecule is CN1CCN(C(=O)c2cc(-c3ccc(F)cc3F)ccc2OC(=O)c2ccc(F)cc2)CC1. The molecule has 0 atom stereocenters. The quantitative estimate of drug-likeness (QED) is 0.434. The zero-order valence-corrected chi connectivity index (χ0v) is 17.9. The lowest BCUT2D eigenvalue weighted by Gasteiger charge is -2.32. The molecule has 8 heteroatoms. The fraction of sp³-hybridized carbons (Fsp3) is 0.200. The Bertz CT molecular complexity index is 1190. The molecule has 0 spiro atoms. The zero-order valence-electron chi connectivity index (χ0n) is 17.9. The Morgan fingerprint density at radius 3 is 2.15 bits per heavy atom. The van der Waals surface area contributed by atoms with Gasteiger partial charge in [0.2, 0.25) is 0 Å². The van der Waals surface area contributed by atoms with Gasteiger partial charge in [-0.25, -0.2) is 18.0 Å². The Balaban J connectivity index is 1.70. The van der Waals surface area contributed by atoms with Crippen molar-refractivity contribution in [3.05, 3.63) is 89.2 Å². The number of benzene rings is 3. The van der Waals surface area contributed by atoms with Crippen LogP contribution in [0.4, 0.5) is 13.2 Å². The Morgan fingerprint density at radius 1 is 0.818 bits per heavy atom. The molecule has 1 amide bonds. The molecule has 1 aliphatic rings. The summed E-state index contributed by atoms with van der Waals surface area (Å²) in [4.78, 5) is 29.6. The molecule has 0 bridgehead atoms. The molecule has 0 aliphatic carbocycles. The van der Waals surface area contributed by atoms with E-state index in [9.17, 15) is 22.8 Å². The average Bonchev–Trinajstić information content (AvgIpc) is 2.80. The van der Waals surface area contributed by atoms with Gasteiger partial charge in [0.25, 0.3) is 5.91 Å². The average molecular weight is 454 g/mol.